The van der Waals surface area contributed by atoms with E-state index in [2.05, 4.69) is 5.32 Å². The number of benzene rings is 1. The molecule has 1 aliphatic carbocycles. The molecule has 1 aromatic rings. The SMILES string of the molecule is Cc1ccc(N2C[C@H](C(=O)NC3CCCCC3)CC2=O)cc1[N+](=O)[O-]. The molecule has 134 valence electrons. The molecule has 1 aliphatic heterocycles. The number of anilines is 1. The number of nitrogens with one attached hydrogen (secondary N) is 1. The van der Waals surface area contributed by atoms with Crippen molar-refractivity contribution < 1.29 is 14.5 Å². The number of hydrogen-bond acceptors (Lipinski definition) is 4. The molecule has 1 heterocycles. The van der Waals surface area contributed by atoms with Gasteiger partial charge in [0.05, 0.1) is 16.5 Å². The maximum atomic E-state index is 12.5. The molecule has 2 fully saturated rings. The van der Waals surface area contributed by atoms with Crippen molar-refractivity contribution in [3.05, 3.63) is 33.9 Å². The molecule has 7 heteroatoms. The number of nitro benzene ring substituents is 1. The quantitative estimate of drug-likeness (QED) is 0.671. The first-order valence-electron chi connectivity index (χ1n) is 8.81. The molecule has 0 radical (unpaired) electrons. The molecule has 2 aliphatic rings. The van der Waals surface area contributed by atoms with E-state index in [-0.39, 0.29) is 36.5 Å². The molecule has 0 bridgehead atoms. The summed E-state index contributed by atoms with van der Waals surface area (Å²) in [5.74, 6) is -0.638. The summed E-state index contributed by atoms with van der Waals surface area (Å²) < 4.78 is 0. The van der Waals surface area contributed by atoms with Crippen LogP contribution < -0.4 is 10.2 Å². The summed E-state index contributed by atoms with van der Waals surface area (Å²) in [6.45, 7) is 1.94. The summed E-state index contributed by atoms with van der Waals surface area (Å²) in [6, 6.07) is 4.96. The van der Waals surface area contributed by atoms with Crippen LogP contribution >= 0.6 is 0 Å². The van der Waals surface area contributed by atoms with Crippen LogP contribution in [0.5, 0.6) is 0 Å². The average molecular weight is 345 g/mol. The van der Waals surface area contributed by atoms with E-state index in [1.807, 2.05) is 0 Å². The van der Waals surface area contributed by atoms with E-state index in [0.29, 0.717) is 11.3 Å². The minimum atomic E-state index is -0.452. The lowest BCUT2D eigenvalue weighted by Crippen LogP contribution is -2.40. The van der Waals surface area contributed by atoms with E-state index in [1.54, 1.807) is 19.1 Å². The van der Waals surface area contributed by atoms with Crippen LogP contribution in [0.3, 0.4) is 0 Å². The fraction of sp³-hybridized carbons (Fsp3) is 0.556. The third kappa shape index (κ3) is 3.81. The van der Waals surface area contributed by atoms with Crippen molar-refractivity contribution in [1.82, 2.24) is 5.32 Å². The summed E-state index contributed by atoms with van der Waals surface area (Å²) in [6.07, 6.45) is 5.64. The summed E-state index contributed by atoms with van der Waals surface area (Å²) in [5.41, 5.74) is 1.02. The highest BCUT2D eigenvalue weighted by molar-refractivity contribution is 6.00. The highest BCUT2D eigenvalue weighted by Crippen LogP contribution is 2.30. The number of nitro groups is 1. The Morgan fingerprint density at radius 1 is 1.28 bits per heavy atom. The van der Waals surface area contributed by atoms with Gasteiger partial charge in [-0.25, -0.2) is 0 Å². The third-order valence-corrected chi connectivity index (χ3v) is 5.15. The van der Waals surface area contributed by atoms with Gasteiger partial charge < -0.3 is 10.2 Å². The molecular formula is C18H23N3O4. The monoisotopic (exact) mass is 345 g/mol. The second-order valence-electron chi connectivity index (χ2n) is 6.98. The van der Waals surface area contributed by atoms with Crippen LogP contribution in [0.15, 0.2) is 18.2 Å². The lowest BCUT2D eigenvalue weighted by atomic mass is 9.95. The first kappa shape index (κ1) is 17.4. The average Bonchev–Trinajstić information content (AvgIpc) is 2.98. The van der Waals surface area contributed by atoms with Gasteiger partial charge in [-0.2, -0.15) is 0 Å². The molecular weight excluding hydrogens is 322 g/mol. The number of hydrogen-bond donors (Lipinski definition) is 1. The zero-order chi connectivity index (χ0) is 18.0. The number of nitrogens with zero attached hydrogens (tertiary/aromatic N) is 2. The first-order chi connectivity index (χ1) is 12.0. The summed E-state index contributed by atoms with van der Waals surface area (Å²) in [4.78, 5) is 36.9. The minimum Gasteiger partial charge on any atom is -0.353 e. The van der Waals surface area contributed by atoms with Crippen LogP contribution in [0, 0.1) is 23.0 Å². The second kappa shape index (κ2) is 7.21. The predicted molar refractivity (Wildman–Crippen MR) is 93.3 cm³/mol. The van der Waals surface area contributed by atoms with Gasteiger partial charge in [0.15, 0.2) is 0 Å². The van der Waals surface area contributed by atoms with Crippen LogP contribution in [0.4, 0.5) is 11.4 Å². The lowest BCUT2D eigenvalue weighted by molar-refractivity contribution is -0.385. The third-order valence-electron chi connectivity index (χ3n) is 5.15. The summed E-state index contributed by atoms with van der Waals surface area (Å²) >= 11 is 0. The highest BCUT2D eigenvalue weighted by Gasteiger charge is 2.36. The zero-order valence-electron chi connectivity index (χ0n) is 14.4. The maximum Gasteiger partial charge on any atom is 0.274 e. The molecule has 0 unspecified atom stereocenters. The smallest absolute Gasteiger partial charge is 0.274 e. The Bertz CT molecular complexity index is 698. The maximum absolute atomic E-state index is 12.5. The Morgan fingerprint density at radius 3 is 2.68 bits per heavy atom. The summed E-state index contributed by atoms with van der Waals surface area (Å²) in [5, 5.41) is 14.2. The van der Waals surface area contributed by atoms with Gasteiger partial charge in [0.1, 0.15) is 0 Å². The Labute approximate surface area is 146 Å². The number of carbonyl (C=O) groups is 2. The normalized spacial score (nSPS) is 21.4. The minimum absolute atomic E-state index is 0.0135. The van der Waals surface area contributed by atoms with Gasteiger partial charge >= 0.3 is 0 Å². The van der Waals surface area contributed by atoms with Gasteiger partial charge in [-0.3, -0.25) is 19.7 Å². The summed E-state index contributed by atoms with van der Waals surface area (Å²) in [7, 11) is 0. The molecule has 0 aromatic heterocycles. The lowest BCUT2D eigenvalue weighted by Gasteiger charge is -2.24. The molecule has 2 amide bonds. The van der Waals surface area contributed by atoms with E-state index in [4.69, 9.17) is 0 Å². The van der Waals surface area contributed by atoms with Gasteiger partial charge in [-0.05, 0) is 25.8 Å². The van der Waals surface area contributed by atoms with Crippen LogP contribution in [-0.4, -0.2) is 29.3 Å². The number of carbonyl (C=O) groups excluding carboxylic acids is 2. The molecule has 1 saturated carbocycles. The van der Waals surface area contributed by atoms with Gasteiger partial charge in [0.2, 0.25) is 11.8 Å². The van der Waals surface area contributed by atoms with E-state index >= 15 is 0 Å². The molecule has 1 saturated heterocycles. The van der Waals surface area contributed by atoms with E-state index in [1.165, 1.54) is 17.4 Å². The molecule has 1 aromatic carbocycles. The van der Waals surface area contributed by atoms with Crippen molar-refractivity contribution in [2.75, 3.05) is 11.4 Å². The van der Waals surface area contributed by atoms with Gasteiger partial charge in [-0.1, -0.05) is 25.3 Å². The molecule has 7 nitrogen and oxygen atoms in total. The highest BCUT2D eigenvalue weighted by atomic mass is 16.6. The molecule has 25 heavy (non-hydrogen) atoms. The Hall–Kier alpha value is -2.44. The fourth-order valence-electron chi connectivity index (χ4n) is 3.66. The largest absolute Gasteiger partial charge is 0.353 e. The topological polar surface area (TPSA) is 92.6 Å². The van der Waals surface area contributed by atoms with Crippen LogP contribution in [0.1, 0.15) is 44.1 Å². The van der Waals surface area contributed by atoms with Crippen molar-refractivity contribution in [3.8, 4) is 0 Å². The van der Waals surface area contributed by atoms with Crippen LogP contribution in [0.25, 0.3) is 0 Å². The fourth-order valence-corrected chi connectivity index (χ4v) is 3.66. The Kier molecular flexibility index (Phi) is 5.01. The number of amides is 2. The Morgan fingerprint density at radius 2 is 2.00 bits per heavy atom. The van der Waals surface area contributed by atoms with Crippen molar-refractivity contribution in [2.45, 2.75) is 51.5 Å². The van der Waals surface area contributed by atoms with Crippen molar-refractivity contribution in [2.24, 2.45) is 5.92 Å². The van der Waals surface area contributed by atoms with Crippen LogP contribution in [0.2, 0.25) is 0 Å². The van der Waals surface area contributed by atoms with E-state index in [9.17, 15) is 19.7 Å². The standard InChI is InChI=1S/C18H23N3O4/c1-12-7-8-15(10-16(12)21(24)25)20-11-13(9-17(20)22)18(23)19-14-5-3-2-4-6-14/h7-8,10,13-14H,2-6,9,11H2,1H3,(H,19,23)/t13-/m1/s1. The zero-order valence-corrected chi connectivity index (χ0v) is 14.4. The molecule has 1 atom stereocenters. The number of aryl methyl sites for hydroxylation is 1. The number of rotatable bonds is 4. The van der Waals surface area contributed by atoms with Crippen molar-refractivity contribution in [3.63, 3.8) is 0 Å². The molecule has 0 spiro atoms. The van der Waals surface area contributed by atoms with E-state index < -0.39 is 10.8 Å². The van der Waals surface area contributed by atoms with E-state index in [0.717, 1.165) is 25.7 Å². The first-order valence-corrected chi connectivity index (χ1v) is 8.81. The second-order valence-corrected chi connectivity index (χ2v) is 6.98. The van der Waals surface area contributed by atoms with Gasteiger partial charge in [0.25, 0.3) is 5.69 Å². The molecule has 3 rings (SSSR count). The molecule has 1 N–H and O–H groups in total. The Balaban J connectivity index is 1.69. The van der Waals surface area contributed by atoms with Crippen molar-refractivity contribution in [1.29, 1.82) is 0 Å². The van der Waals surface area contributed by atoms with Crippen molar-refractivity contribution >= 4 is 23.2 Å². The van der Waals surface area contributed by atoms with Crippen LogP contribution in [-0.2, 0) is 9.59 Å². The van der Waals surface area contributed by atoms with Gasteiger partial charge in [-0.15, -0.1) is 0 Å². The predicted octanol–water partition coefficient (Wildman–Crippen LogP) is 2.71. The van der Waals surface area contributed by atoms with Gasteiger partial charge in [0, 0.05) is 30.6 Å².